The lowest BCUT2D eigenvalue weighted by Gasteiger charge is -2.02. The molecule has 0 saturated heterocycles. The number of aromatic nitrogens is 2. The number of aryl methyl sites for hydroxylation is 1. The van der Waals surface area contributed by atoms with Gasteiger partial charge < -0.3 is 5.11 Å². The van der Waals surface area contributed by atoms with E-state index in [4.69, 9.17) is 5.11 Å². The minimum absolute atomic E-state index is 0.367. The van der Waals surface area contributed by atoms with Crippen LogP contribution in [-0.2, 0) is 6.42 Å². The van der Waals surface area contributed by atoms with Gasteiger partial charge in [0.1, 0.15) is 0 Å². The van der Waals surface area contributed by atoms with Gasteiger partial charge in [0, 0.05) is 18.0 Å². The highest BCUT2D eigenvalue weighted by Crippen LogP contribution is 2.21. The van der Waals surface area contributed by atoms with E-state index in [9.17, 15) is 4.39 Å². The molecule has 0 saturated carbocycles. The van der Waals surface area contributed by atoms with Crippen molar-refractivity contribution in [2.45, 2.75) is 13.3 Å². The maximum atomic E-state index is 13.1. The summed E-state index contributed by atoms with van der Waals surface area (Å²) in [5.74, 6) is -0.578. The largest absolute Gasteiger partial charge is 0.505 e. The Kier molecular flexibility index (Phi) is 2.81. The molecule has 1 aromatic heterocycles. The normalized spacial score (nSPS) is 10.4. The molecule has 0 aliphatic carbocycles. The maximum Gasteiger partial charge on any atom is 0.165 e. The lowest BCUT2D eigenvalue weighted by molar-refractivity contribution is 0.432. The van der Waals surface area contributed by atoms with Crippen molar-refractivity contribution in [3.63, 3.8) is 0 Å². The van der Waals surface area contributed by atoms with Crippen LogP contribution in [0.5, 0.6) is 5.75 Å². The van der Waals surface area contributed by atoms with E-state index in [0.29, 0.717) is 11.4 Å². The highest BCUT2D eigenvalue weighted by atomic mass is 19.1. The number of hydrogen-bond acceptors (Lipinski definition) is 3. The van der Waals surface area contributed by atoms with Crippen molar-refractivity contribution in [3.8, 4) is 17.1 Å². The van der Waals surface area contributed by atoms with E-state index < -0.39 is 5.82 Å². The van der Waals surface area contributed by atoms with Crippen LogP contribution in [0.3, 0.4) is 0 Å². The smallest absolute Gasteiger partial charge is 0.165 e. The molecule has 1 N–H and O–H groups in total. The van der Waals surface area contributed by atoms with E-state index in [1.807, 2.05) is 6.92 Å². The first-order chi connectivity index (χ1) is 7.70. The van der Waals surface area contributed by atoms with Gasteiger partial charge in [0.2, 0.25) is 0 Å². The number of phenols is 1. The van der Waals surface area contributed by atoms with Gasteiger partial charge in [-0.05, 0) is 30.2 Å². The zero-order valence-electron chi connectivity index (χ0n) is 8.81. The van der Waals surface area contributed by atoms with E-state index in [-0.39, 0.29) is 5.75 Å². The molecule has 0 amide bonds. The third-order valence-electron chi connectivity index (χ3n) is 2.32. The monoisotopic (exact) mass is 218 g/mol. The molecule has 0 radical (unpaired) electrons. The summed E-state index contributed by atoms with van der Waals surface area (Å²) in [7, 11) is 0. The Labute approximate surface area is 92.6 Å². The fraction of sp³-hybridized carbons (Fsp3) is 0.167. The number of nitrogens with zero attached hydrogens (tertiary/aromatic N) is 2. The van der Waals surface area contributed by atoms with Crippen LogP contribution in [-0.4, -0.2) is 15.1 Å². The van der Waals surface area contributed by atoms with Gasteiger partial charge in [-0.3, -0.25) is 0 Å². The Morgan fingerprint density at radius 2 is 1.94 bits per heavy atom. The predicted octanol–water partition coefficient (Wildman–Crippen LogP) is 2.55. The van der Waals surface area contributed by atoms with Crippen LogP contribution in [0, 0.1) is 5.82 Å². The second-order valence-electron chi connectivity index (χ2n) is 3.43. The highest BCUT2D eigenvalue weighted by Gasteiger charge is 2.05. The zero-order chi connectivity index (χ0) is 11.5. The Balaban J connectivity index is 2.38. The fourth-order valence-electron chi connectivity index (χ4n) is 1.33. The summed E-state index contributed by atoms with van der Waals surface area (Å²) in [6.07, 6.45) is 4.30. The van der Waals surface area contributed by atoms with Gasteiger partial charge in [0.25, 0.3) is 0 Å². The van der Waals surface area contributed by atoms with Crippen LogP contribution in [0.2, 0.25) is 0 Å². The standard InChI is InChI=1S/C12H11FN2O/c1-2-8-6-14-12(15-7-8)9-3-4-11(16)10(13)5-9/h3-7,16H,2H2,1H3. The number of rotatable bonds is 2. The number of hydrogen-bond donors (Lipinski definition) is 1. The third kappa shape index (κ3) is 2.00. The van der Waals surface area contributed by atoms with E-state index in [1.165, 1.54) is 12.1 Å². The van der Waals surface area contributed by atoms with Gasteiger partial charge in [0.05, 0.1) is 0 Å². The first-order valence-corrected chi connectivity index (χ1v) is 5.00. The minimum atomic E-state index is -0.666. The predicted molar refractivity (Wildman–Crippen MR) is 58.5 cm³/mol. The molecule has 0 atom stereocenters. The molecule has 0 spiro atoms. The summed E-state index contributed by atoms with van der Waals surface area (Å²) >= 11 is 0. The second-order valence-corrected chi connectivity index (χ2v) is 3.43. The average Bonchev–Trinajstić information content (AvgIpc) is 2.33. The van der Waals surface area contributed by atoms with E-state index >= 15 is 0 Å². The van der Waals surface area contributed by atoms with Crippen molar-refractivity contribution in [3.05, 3.63) is 42.0 Å². The number of halogens is 1. The van der Waals surface area contributed by atoms with Crippen molar-refractivity contribution in [1.82, 2.24) is 9.97 Å². The van der Waals surface area contributed by atoms with Crippen LogP contribution in [0.25, 0.3) is 11.4 Å². The number of benzene rings is 1. The van der Waals surface area contributed by atoms with Crippen molar-refractivity contribution >= 4 is 0 Å². The lowest BCUT2D eigenvalue weighted by atomic mass is 10.2. The molecule has 0 fully saturated rings. The first-order valence-electron chi connectivity index (χ1n) is 5.00. The molecule has 16 heavy (non-hydrogen) atoms. The van der Waals surface area contributed by atoms with Crippen molar-refractivity contribution in [2.75, 3.05) is 0 Å². The summed E-state index contributed by atoms with van der Waals surface area (Å²) in [6.45, 7) is 2.01. The van der Waals surface area contributed by atoms with Gasteiger partial charge in [-0.2, -0.15) is 0 Å². The lowest BCUT2D eigenvalue weighted by Crippen LogP contribution is -1.91. The van der Waals surface area contributed by atoms with Crippen LogP contribution in [0.15, 0.2) is 30.6 Å². The molecular formula is C12H11FN2O. The van der Waals surface area contributed by atoms with Crippen molar-refractivity contribution < 1.29 is 9.50 Å². The fourth-order valence-corrected chi connectivity index (χ4v) is 1.33. The highest BCUT2D eigenvalue weighted by molar-refractivity contribution is 5.56. The molecule has 0 bridgehead atoms. The van der Waals surface area contributed by atoms with E-state index in [1.54, 1.807) is 18.5 Å². The zero-order valence-corrected chi connectivity index (χ0v) is 8.81. The number of aromatic hydroxyl groups is 1. The SMILES string of the molecule is CCc1cnc(-c2ccc(O)c(F)c2)nc1. The summed E-state index contributed by atoms with van der Waals surface area (Å²) in [5.41, 5.74) is 1.58. The molecule has 4 heteroatoms. The molecule has 1 heterocycles. The van der Waals surface area contributed by atoms with Crippen LogP contribution in [0.4, 0.5) is 4.39 Å². The van der Waals surface area contributed by atoms with Crippen molar-refractivity contribution in [1.29, 1.82) is 0 Å². The Morgan fingerprint density at radius 1 is 1.25 bits per heavy atom. The Hall–Kier alpha value is -1.97. The van der Waals surface area contributed by atoms with Gasteiger partial charge in [-0.1, -0.05) is 6.92 Å². The Morgan fingerprint density at radius 3 is 2.50 bits per heavy atom. The second kappa shape index (κ2) is 4.26. The molecule has 1 aromatic carbocycles. The van der Waals surface area contributed by atoms with Crippen LogP contribution >= 0.6 is 0 Å². The minimum Gasteiger partial charge on any atom is -0.505 e. The van der Waals surface area contributed by atoms with E-state index in [2.05, 4.69) is 9.97 Å². The van der Waals surface area contributed by atoms with Crippen LogP contribution < -0.4 is 0 Å². The molecule has 2 rings (SSSR count). The van der Waals surface area contributed by atoms with Crippen LogP contribution in [0.1, 0.15) is 12.5 Å². The first kappa shape index (κ1) is 10.5. The van der Waals surface area contributed by atoms with Gasteiger partial charge >= 0.3 is 0 Å². The van der Waals surface area contributed by atoms with Gasteiger partial charge in [0.15, 0.2) is 17.4 Å². The summed E-state index contributed by atoms with van der Waals surface area (Å²) < 4.78 is 13.1. The molecule has 0 aliphatic rings. The number of phenolic OH excluding ortho intramolecular Hbond substituents is 1. The summed E-state index contributed by atoms with van der Waals surface area (Å²) in [5, 5.41) is 9.06. The summed E-state index contributed by atoms with van der Waals surface area (Å²) in [6, 6.07) is 4.09. The average molecular weight is 218 g/mol. The summed E-state index contributed by atoms with van der Waals surface area (Å²) in [4.78, 5) is 8.26. The topological polar surface area (TPSA) is 46.0 Å². The molecular weight excluding hydrogens is 207 g/mol. The Bertz CT molecular complexity index is 497. The third-order valence-corrected chi connectivity index (χ3v) is 2.32. The molecule has 82 valence electrons. The molecule has 0 aliphatic heterocycles. The van der Waals surface area contributed by atoms with Gasteiger partial charge in [-0.25, -0.2) is 14.4 Å². The van der Waals surface area contributed by atoms with Gasteiger partial charge in [-0.15, -0.1) is 0 Å². The molecule has 2 aromatic rings. The maximum absolute atomic E-state index is 13.1. The van der Waals surface area contributed by atoms with Crippen molar-refractivity contribution in [2.24, 2.45) is 0 Å². The molecule has 0 unspecified atom stereocenters. The van der Waals surface area contributed by atoms with E-state index in [0.717, 1.165) is 12.0 Å². The quantitative estimate of drug-likeness (QED) is 0.842. The molecule has 3 nitrogen and oxygen atoms in total.